The minimum Gasteiger partial charge on any atom is -0.494 e. The van der Waals surface area contributed by atoms with Crippen LogP contribution in [0.1, 0.15) is 49.3 Å². The lowest BCUT2D eigenvalue weighted by molar-refractivity contribution is -0.256. The summed E-state index contributed by atoms with van der Waals surface area (Å²) in [5.74, 6) is 1.09. The summed E-state index contributed by atoms with van der Waals surface area (Å²) in [6.45, 7) is 11.4. The summed E-state index contributed by atoms with van der Waals surface area (Å²) in [7, 11) is 1.63. The van der Waals surface area contributed by atoms with Crippen LogP contribution in [0.15, 0.2) is 36.7 Å². The van der Waals surface area contributed by atoms with Crippen LogP contribution >= 0.6 is 0 Å². The van der Waals surface area contributed by atoms with Gasteiger partial charge in [-0.1, -0.05) is 12.1 Å². The van der Waals surface area contributed by atoms with Crippen LogP contribution < -0.4 is 20.1 Å². The molecule has 4 heterocycles. The first kappa shape index (κ1) is 29.8. The van der Waals surface area contributed by atoms with Crippen molar-refractivity contribution in [1.82, 2.24) is 20.2 Å². The predicted octanol–water partition coefficient (Wildman–Crippen LogP) is 3.98. The molecule has 1 aromatic carbocycles. The Labute approximate surface area is 246 Å². The lowest BCUT2D eigenvalue weighted by Gasteiger charge is -2.37. The Bertz CT molecular complexity index is 1420. The number of para-hydroxylation sites is 1. The van der Waals surface area contributed by atoms with Gasteiger partial charge in [0.25, 0.3) is 5.91 Å². The number of aromatic amines is 1. The number of hydrogen-bond donors (Lipinski definition) is 4. The zero-order valence-corrected chi connectivity index (χ0v) is 25.1. The van der Waals surface area contributed by atoms with E-state index in [-0.39, 0.29) is 24.7 Å². The summed E-state index contributed by atoms with van der Waals surface area (Å²) < 4.78 is 23.7. The molecular weight excluding hydrogens is 538 g/mol. The highest BCUT2D eigenvalue weighted by Crippen LogP contribution is 2.42. The van der Waals surface area contributed by atoms with Crippen LogP contribution in [0.25, 0.3) is 11.3 Å². The van der Waals surface area contributed by atoms with Crippen molar-refractivity contribution >= 4 is 17.3 Å². The van der Waals surface area contributed by atoms with Gasteiger partial charge in [0.1, 0.15) is 24.2 Å². The van der Waals surface area contributed by atoms with Gasteiger partial charge < -0.3 is 39.7 Å². The molecule has 1 unspecified atom stereocenters. The van der Waals surface area contributed by atoms with Crippen molar-refractivity contribution in [1.29, 1.82) is 0 Å². The van der Waals surface area contributed by atoms with Crippen molar-refractivity contribution in [3.8, 4) is 22.8 Å². The number of hydrogen-bond acceptors (Lipinski definition) is 9. The smallest absolute Gasteiger partial charge is 0.255 e. The Morgan fingerprint density at radius 1 is 1.29 bits per heavy atom. The molecule has 1 amide bonds. The van der Waals surface area contributed by atoms with E-state index in [4.69, 9.17) is 18.9 Å². The number of fused-ring (bicyclic) bond motifs is 1. The molecule has 4 N–H and O–H groups in total. The van der Waals surface area contributed by atoms with Gasteiger partial charge in [-0.3, -0.25) is 14.7 Å². The number of methoxy groups -OCH3 is 1. The molecule has 2 aliphatic heterocycles. The van der Waals surface area contributed by atoms with Gasteiger partial charge in [0.15, 0.2) is 0 Å². The van der Waals surface area contributed by atoms with Gasteiger partial charge in [0.2, 0.25) is 6.41 Å². The number of aliphatic hydroxyl groups is 1. The molecule has 0 aliphatic carbocycles. The lowest BCUT2D eigenvalue weighted by atomic mass is 10.0. The van der Waals surface area contributed by atoms with Crippen molar-refractivity contribution in [2.75, 3.05) is 38.7 Å². The molecule has 11 nitrogen and oxygen atoms in total. The number of carbonyl (C=O) groups is 1. The quantitative estimate of drug-likeness (QED) is 0.278. The number of benzene rings is 1. The Balaban J connectivity index is 1.44. The third-order valence-electron chi connectivity index (χ3n) is 7.29. The molecule has 42 heavy (non-hydrogen) atoms. The highest BCUT2D eigenvalue weighted by Gasteiger charge is 2.32. The van der Waals surface area contributed by atoms with E-state index in [9.17, 15) is 9.90 Å². The van der Waals surface area contributed by atoms with Crippen LogP contribution in [0.5, 0.6) is 11.5 Å². The first-order valence-corrected chi connectivity index (χ1v) is 14.3. The van der Waals surface area contributed by atoms with E-state index >= 15 is 0 Å². The maximum atomic E-state index is 13.3. The van der Waals surface area contributed by atoms with Crippen LogP contribution in [-0.4, -0.2) is 83.5 Å². The molecule has 11 heteroatoms. The Kier molecular flexibility index (Phi) is 8.74. The number of carbonyl (C=O) groups excluding carboxylic acids is 1. The van der Waals surface area contributed by atoms with Crippen molar-refractivity contribution in [2.24, 2.45) is 0 Å². The third-order valence-corrected chi connectivity index (χ3v) is 7.29. The van der Waals surface area contributed by atoms with E-state index in [0.717, 1.165) is 22.5 Å². The number of morpholine rings is 1. The normalized spacial score (nSPS) is 20.0. The van der Waals surface area contributed by atoms with Gasteiger partial charge in [0.05, 0.1) is 48.1 Å². The maximum absolute atomic E-state index is 13.3. The van der Waals surface area contributed by atoms with Crippen LogP contribution in [0, 0.1) is 6.92 Å². The van der Waals surface area contributed by atoms with Crippen molar-refractivity contribution in [3.63, 3.8) is 0 Å². The topological polar surface area (TPSA) is 130 Å². The molecule has 0 saturated carbocycles. The van der Waals surface area contributed by atoms with Crippen molar-refractivity contribution < 1.29 is 28.8 Å². The van der Waals surface area contributed by atoms with E-state index in [0.29, 0.717) is 54.6 Å². The van der Waals surface area contributed by atoms with E-state index in [1.165, 1.54) is 0 Å². The largest absolute Gasteiger partial charge is 0.494 e. The Morgan fingerprint density at radius 2 is 2.10 bits per heavy atom. The zero-order valence-electron chi connectivity index (χ0n) is 25.1. The van der Waals surface area contributed by atoms with Gasteiger partial charge in [0, 0.05) is 43.0 Å². The summed E-state index contributed by atoms with van der Waals surface area (Å²) in [6.07, 6.45) is 2.69. The summed E-state index contributed by atoms with van der Waals surface area (Å²) in [4.78, 5) is 22.9. The monoisotopic (exact) mass is 579 g/mol. The lowest BCUT2D eigenvalue weighted by Crippen LogP contribution is -2.51. The fourth-order valence-electron chi connectivity index (χ4n) is 5.41. The molecule has 1 fully saturated rings. The molecule has 1 saturated heterocycles. The second kappa shape index (κ2) is 12.3. The van der Waals surface area contributed by atoms with Crippen LogP contribution in [0.2, 0.25) is 0 Å². The van der Waals surface area contributed by atoms with Gasteiger partial charge in [-0.15, -0.1) is 0 Å². The molecule has 3 aromatic rings. The fraction of sp³-hybridized carbons (Fsp3) is 0.484. The summed E-state index contributed by atoms with van der Waals surface area (Å²) >= 11 is 0. The number of anilines is 2. The second-order valence-electron chi connectivity index (χ2n) is 11.8. The number of H-pyrrole nitrogens is 1. The van der Waals surface area contributed by atoms with E-state index in [1.54, 1.807) is 19.5 Å². The number of aliphatic hydroxyl groups excluding tert-OH is 1. The Morgan fingerprint density at radius 3 is 2.86 bits per heavy atom. The number of nitrogens with one attached hydrogen (secondary N) is 3. The molecule has 2 aromatic heterocycles. The first-order chi connectivity index (χ1) is 20.0. The Hall–Kier alpha value is -3.64. The van der Waals surface area contributed by atoms with Crippen LogP contribution in [0.4, 0.5) is 11.4 Å². The molecule has 0 radical (unpaired) electrons. The molecular formula is C31H41N5O6. The number of pyridine rings is 1. The average Bonchev–Trinajstić information content (AvgIpc) is 3.29. The van der Waals surface area contributed by atoms with Crippen molar-refractivity contribution in [3.05, 3.63) is 53.5 Å². The first-order valence-electron chi connectivity index (χ1n) is 14.3. The molecule has 0 spiro atoms. The fourth-order valence-corrected chi connectivity index (χ4v) is 5.41. The molecule has 226 valence electrons. The molecule has 3 atom stereocenters. The van der Waals surface area contributed by atoms with Crippen molar-refractivity contribution in [2.45, 2.75) is 65.2 Å². The maximum Gasteiger partial charge on any atom is 0.255 e. The predicted molar refractivity (Wildman–Crippen MR) is 159 cm³/mol. The number of aryl methyl sites for hydroxylation is 1. The number of rotatable bonds is 9. The minimum absolute atomic E-state index is 0.00461. The average molecular weight is 580 g/mol. The van der Waals surface area contributed by atoms with E-state index in [1.807, 2.05) is 63.8 Å². The van der Waals surface area contributed by atoms with Gasteiger partial charge in [-0.25, -0.2) is 0 Å². The number of amides is 1. The number of nitrogens with zero attached hydrogens (tertiary/aromatic N) is 2. The molecule has 2 aliphatic rings. The van der Waals surface area contributed by atoms with E-state index in [2.05, 4.69) is 20.6 Å². The van der Waals surface area contributed by atoms with Gasteiger partial charge >= 0.3 is 0 Å². The SMILES string of the molecule is COc1c(C)cccc1Nc1c(-c2ccncc2OC[C@@H]2CN(C(O)OC(C)(C)C)CCO2)[nH]c2c1C(=O)N[C@H](C)C2. The standard InChI is InChI=1S/C31H41N5O6/c1-18-8-7-9-22(28(18)39-6)34-27-25-23(14-19(2)33-29(25)37)35-26(27)21-10-11-32-15-24(21)41-17-20-16-36(12-13-40-20)30(38)42-31(3,4)5/h7-11,15,19-20,30,34-35,38H,12-14,16-17H2,1-6H3,(H,33,37)/t19-,20+,30?/m1/s1. The highest BCUT2D eigenvalue weighted by atomic mass is 16.6. The molecule has 5 rings (SSSR count). The second-order valence-corrected chi connectivity index (χ2v) is 11.8. The highest BCUT2D eigenvalue weighted by molar-refractivity contribution is 6.07. The zero-order chi connectivity index (χ0) is 30.0. The van der Waals surface area contributed by atoms with Gasteiger partial charge in [-0.05, 0) is 52.3 Å². The minimum atomic E-state index is -1.03. The number of aromatic nitrogens is 2. The van der Waals surface area contributed by atoms with Gasteiger partial charge in [-0.2, -0.15) is 0 Å². The van der Waals surface area contributed by atoms with Crippen LogP contribution in [0.3, 0.4) is 0 Å². The molecule has 0 bridgehead atoms. The summed E-state index contributed by atoms with van der Waals surface area (Å²) in [5, 5.41) is 17.1. The van der Waals surface area contributed by atoms with E-state index < -0.39 is 12.0 Å². The third kappa shape index (κ3) is 6.54. The van der Waals surface area contributed by atoms with Crippen LogP contribution in [-0.2, 0) is 15.9 Å². The number of ether oxygens (including phenoxy) is 4. The summed E-state index contributed by atoms with van der Waals surface area (Å²) in [5.41, 5.74) is 4.74. The summed E-state index contributed by atoms with van der Waals surface area (Å²) in [6, 6.07) is 7.70.